The lowest BCUT2D eigenvalue weighted by Crippen LogP contribution is -2.44. The molecule has 28 heavy (non-hydrogen) atoms. The lowest BCUT2D eigenvalue weighted by molar-refractivity contribution is -0.134. The van der Waals surface area contributed by atoms with Gasteiger partial charge in [-0.3, -0.25) is 14.5 Å². The molecule has 7 heteroatoms. The standard InChI is InChI=1S/C21H22ClN3O3/c1-4-21(15-8-6-5-7-9-15)19(27)25(20(28)24-21)12-17(26)23-18-14(3)10-13(2)11-16(18)22/h5-11H,4,12H2,1-3H3,(H,23,26)(H,24,28)/t21-/m0/s1. The summed E-state index contributed by atoms with van der Waals surface area (Å²) in [5, 5.41) is 5.89. The number of nitrogens with zero attached hydrogens (tertiary/aromatic N) is 1. The molecule has 6 nitrogen and oxygen atoms in total. The van der Waals surface area contributed by atoms with E-state index in [4.69, 9.17) is 11.6 Å². The normalized spacial score (nSPS) is 18.9. The van der Waals surface area contributed by atoms with Crippen LogP contribution in [0.1, 0.15) is 30.0 Å². The van der Waals surface area contributed by atoms with Gasteiger partial charge in [0.05, 0.1) is 10.7 Å². The first-order valence-corrected chi connectivity index (χ1v) is 9.42. The fraction of sp³-hybridized carbons (Fsp3) is 0.286. The fourth-order valence-electron chi connectivity index (χ4n) is 3.53. The van der Waals surface area contributed by atoms with Crippen molar-refractivity contribution < 1.29 is 14.4 Å². The van der Waals surface area contributed by atoms with Crippen LogP contribution >= 0.6 is 11.6 Å². The molecule has 1 atom stereocenters. The molecule has 0 aliphatic carbocycles. The van der Waals surface area contributed by atoms with Gasteiger partial charge in [0.2, 0.25) is 5.91 Å². The predicted octanol–water partition coefficient (Wildman–Crippen LogP) is 3.75. The van der Waals surface area contributed by atoms with Crippen LogP contribution in [0.5, 0.6) is 0 Å². The van der Waals surface area contributed by atoms with Gasteiger partial charge in [-0.25, -0.2) is 4.79 Å². The molecular weight excluding hydrogens is 378 g/mol. The zero-order chi connectivity index (χ0) is 20.5. The lowest BCUT2D eigenvalue weighted by Gasteiger charge is -2.25. The summed E-state index contributed by atoms with van der Waals surface area (Å²) < 4.78 is 0. The van der Waals surface area contributed by atoms with Crippen molar-refractivity contribution in [1.29, 1.82) is 0 Å². The van der Waals surface area contributed by atoms with Gasteiger partial charge in [-0.1, -0.05) is 54.9 Å². The minimum atomic E-state index is -1.16. The third kappa shape index (κ3) is 3.47. The fourth-order valence-corrected chi connectivity index (χ4v) is 3.90. The van der Waals surface area contributed by atoms with Crippen LogP contribution in [0, 0.1) is 13.8 Å². The maximum Gasteiger partial charge on any atom is 0.325 e. The Morgan fingerprint density at radius 2 is 1.86 bits per heavy atom. The molecule has 1 aliphatic rings. The van der Waals surface area contributed by atoms with Crippen molar-refractivity contribution in [3.05, 3.63) is 64.2 Å². The van der Waals surface area contributed by atoms with Crippen LogP contribution in [-0.2, 0) is 15.1 Å². The zero-order valence-electron chi connectivity index (χ0n) is 16.0. The van der Waals surface area contributed by atoms with E-state index >= 15 is 0 Å². The maximum atomic E-state index is 13.1. The molecule has 4 amide bonds. The van der Waals surface area contributed by atoms with Crippen molar-refractivity contribution in [2.45, 2.75) is 32.7 Å². The van der Waals surface area contributed by atoms with Gasteiger partial charge < -0.3 is 10.6 Å². The van der Waals surface area contributed by atoms with Gasteiger partial charge in [-0.2, -0.15) is 0 Å². The number of benzene rings is 2. The van der Waals surface area contributed by atoms with E-state index in [0.29, 0.717) is 22.7 Å². The first-order chi connectivity index (χ1) is 13.3. The summed E-state index contributed by atoms with van der Waals surface area (Å²) in [6, 6.07) is 12.1. The summed E-state index contributed by atoms with van der Waals surface area (Å²) in [5.74, 6) is -0.926. The molecule has 1 fully saturated rings. The smallest absolute Gasteiger partial charge is 0.323 e. The number of carbonyl (C=O) groups is 3. The Balaban J connectivity index is 1.80. The molecule has 146 valence electrons. The van der Waals surface area contributed by atoms with Gasteiger partial charge in [0.1, 0.15) is 12.1 Å². The van der Waals surface area contributed by atoms with Crippen LogP contribution in [0.4, 0.5) is 10.5 Å². The number of amides is 4. The van der Waals surface area contributed by atoms with Crippen molar-refractivity contribution >= 4 is 35.1 Å². The summed E-state index contributed by atoms with van der Waals surface area (Å²) in [4.78, 5) is 39.0. The highest BCUT2D eigenvalue weighted by Gasteiger charge is 2.51. The molecule has 0 unspecified atom stereocenters. The summed E-state index contributed by atoms with van der Waals surface area (Å²) in [7, 11) is 0. The van der Waals surface area contributed by atoms with Crippen LogP contribution in [0.2, 0.25) is 5.02 Å². The first-order valence-electron chi connectivity index (χ1n) is 9.04. The van der Waals surface area contributed by atoms with E-state index in [0.717, 1.165) is 16.0 Å². The van der Waals surface area contributed by atoms with E-state index in [1.807, 2.05) is 45.0 Å². The first kappa shape index (κ1) is 19.9. The molecular formula is C21H22ClN3O3. The minimum absolute atomic E-state index is 0.378. The number of anilines is 1. The molecule has 1 heterocycles. The average Bonchev–Trinajstić information content (AvgIpc) is 2.90. The summed E-state index contributed by atoms with van der Waals surface area (Å²) >= 11 is 6.23. The number of hydrogen-bond donors (Lipinski definition) is 2. The van der Waals surface area contributed by atoms with Crippen molar-refractivity contribution in [2.75, 3.05) is 11.9 Å². The quantitative estimate of drug-likeness (QED) is 0.751. The number of aryl methyl sites for hydroxylation is 2. The predicted molar refractivity (Wildman–Crippen MR) is 108 cm³/mol. The topological polar surface area (TPSA) is 78.5 Å². The Morgan fingerprint density at radius 3 is 2.46 bits per heavy atom. The van der Waals surface area contributed by atoms with Gasteiger partial charge in [0.25, 0.3) is 5.91 Å². The monoisotopic (exact) mass is 399 g/mol. The van der Waals surface area contributed by atoms with Crippen LogP contribution in [-0.4, -0.2) is 29.3 Å². The zero-order valence-corrected chi connectivity index (χ0v) is 16.8. The van der Waals surface area contributed by atoms with Crippen LogP contribution in [0.15, 0.2) is 42.5 Å². The van der Waals surface area contributed by atoms with E-state index in [1.165, 1.54) is 0 Å². The number of rotatable bonds is 5. The molecule has 2 aromatic carbocycles. The second kappa shape index (κ2) is 7.64. The highest BCUT2D eigenvalue weighted by atomic mass is 35.5. The highest BCUT2D eigenvalue weighted by molar-refractivity contribution is 6.34. The second-order valence-corrected chi connectivity index (χ2v) is 7.34. The van der Waals surface area contributed by atoms with Crippen molar-refractivity contribution in [3.63, 3.8) is 0 Å². The summed E-state index contributed by atoms with van der Waals surface area (Å²) in [5.41, 5.74) is 1.80. The number of carbonyl (C=O) groups excluding carboxylic acids is 3. The molecule has 0 aromatic heterocycles. The Labute approximate surface area is 168 Å². The lowest BCUT2D eigenvalue weighted by atomic mass is 9.87. The van der Waals surface area contributed by atoms with E-state index in [-0.39, 0.29) is 6.54 Å². The third-order valence-corrected chi connectivity index (χ3v) is 5.27. The van der Waals surface area contributed by atoms with Gasteiger partial charge >= 0.3 is 6.03 Å². The maximum absolute atomic E-state index is 13.1. The van der Waals surface area contributed by atoms with Gasteiger partial charge in [0, 0.05) is 0 Å². The third-order valence-electron chi connectivity index (χ3n) is 4.97. The molecule has 2 aromatic rings. The molecule has 0 saturated carbocycles. The van der Waals surface area contributed by atoms with Gasteiger partial charge in [-0.15, -0.1) is 0 Å². The number of imide groups is 1. The van der Waals surface area contributed by atoms with Crippen molar-refractivity contribution in [1.82, 2.24) is 10.2 Å². The van der Waals surface area contributed by atoms with Crippen LogP contribution in [0.3, 0.4) is 0 Å². The SMILES string of the molecule is CC[C@@]1(c2ccccc2)NC(=O)N(CC(=O)Nc2c(C)cc(C)cc2Cl)C1=O. The minimum Gasteiger partial charge on any atom is -0.323 e. The van der Waals surface area contributed by atoms with Crippen molar-refractivity contribution in [3.8, 4) is 0 Å². The molecule has 3 rings (SSSR count). The van der Waals surface area contributed by atoms with Gasteiger partial charge in [-0.05, 0) is 43.0 Å². The number of nitrogens with one attached hydrogen (secondary N) is 2. The Kier molecular flexibility index (Phi) is 5.42. The average molecular weight is 400 g/mol. The summed E-state index contributed by atoms with van der Waals surface area (Å²) in [6.45, 7) is 5.18. The molecule has 0 spiro atoms. The van der Waals surface area contributed by atoms with E-state index in [9.17, 15) is 14.4 Å². The number of urea groups is 1. The summed E-state index contributed by atoms with van der Waals surface area (Å²) in [6.07, 6.45) is 0.378. The number of hydrogen-bond acceptors (Lipinski definition) is 3. The molecule has 1 saturated heterocycles. The molecule has 0 bridgehead atoms. The molecule has 0 radical (unpaired) electrons. The number of halogens is 1. The van der Waals surface area contributed by atoms with E-state index < -0.39 is 23.4 Å². The van der Waals surface area contributed by atoms with Crippen LogP contribution in [0.25, 0.3) is 0 Å². The van der Waals surface area contributed by atoms with E-state index in [2.05, 4.69) is 10.6 Å². The van der Waals surface area contributed by atoms with Crippen LogP contribution < -0.4 is 10.6 Å². The van der Waals surface area contributed by atoms with Crippen molar-refractivity contribution in [2.24, 2.45) is 0 Å². The second-order valence-electron chi connectivity index (χ2n) is 6.93. The molecule has 1 aliphatic heterocycles. The Hall–Kier alpha value is -2.86. The Morgan fingerprint density at radius 1 is 1.18 bits per heavy atom. The van der Waals surface area contributed by atoms with Gasteiger partial charge in [0.15, 0.2) is 0 Å². The molecule has 2 N–H and O–H groups in total. The van der Waals surface area contributed by atoms with E-state index in [1.54, 1.807) is 18.2 Å². The largest absolute Gasteiger partial charge is 0.325 e. The highest BCUT2D eigenvalue weighted by Crippen LogP contribution is 2.32. The Bertz CT molecular complexity index is 922.